The molecule has 66 valence electrons. The van der Waals surface area contributed by atoms with Crippen molar-refractivity contribution in [1.82, 2.24) is 5.32 Å². The van der Waals surface area contributed by atoms with Crippen molar-refractivity contribution in [3.05, 3.63) is 0 Å². The van der Waals surface area contributed by atoms with E-state index in [1.54, 1.807) is 0 Å². The van der Waals surface area contributed by atoms with Crippen LogP contribution in [0.5, 0.6) is 0 Å². The summed E-state index contributed by atoms with van der Waals surface area (Å²) in [6.07, 6.45) is 2.78. The first-order valence-electron chi connectivity index (χ1n) is 4.92. The average Bonchev–Trinajstić information content (AvgIpc) is 2.05. The van der Waals surface area contributed by atoms with Gasteiger partial charge in [0.1, 0.15) is 0 Å². The van der Waals surface area contributed by atoms with Crippen LogP contribution in [0.3, 0.4) is 0 Å². The SMILES string of the molecule is CC(C)[C@H](C)C1CCNCC1. The van der Waals surface area contributed by atoms with Gasteiger partial charge in [0.2, 0.25) is 0 Å². The van der Waals surface area contributed by atoms with Crippen LogP contribution in [0, 0.1) is 17.8 Å². The standard InChI is InChI=1S/C10H21N/c1-8(2)9(3)10-4-6-11-7-5-10/h8-11H,4-7H2,1-3H3/t9-/m0/s1. The van der Waals surface area contributed by atoms with E-state index in [1.807, 2.05) is 0 Å². The van der Waals surface area contributed by atoms with Crippen LogP contribution in [-0.2, 0) is 0 Å². The van der Waals surface area contributed by atoms with Crippen LogP contribution in [0.2, 0.25) is 0 Å². The van der Waals surface area contributed by atoms with Crippen molar-refractivity contribution in [3.8, 4) is 0 Å². The van der Waals surface area contributed by atoms with Crippen molar-refractivity contribution in [2.75, 3.05) is 13.1 Å². The molecule has 0 aromatic carbocycles. The summed E-state index contributed by atoms with van der Waals surface area (Å²) in [4.78, 5) is 0. The van der Waals surface area contributed by atoms with Gasteiger partial charge in [-0.3, -0.25) is 0 Å². The van der Waals surface area contributed by atoms with Crippen LogP contribution in [0.1, 0.15) is 33.6 Å². The van der Waals surface area contributed by atoms with Crippen LogP contribution < -0.4 is 5.32 Å². The fourth-order valence-electron chi connectivity index (χ4n) is 1.91. The Balaban J connectivity index is 2.32. The molecule has 0 spiro atoms. The van der Waals surface area contributed by atoms with Gasteiger partial charge in [-0.2, -0.15) is 0 Å². The van der Waals surface area contributed by atoms with E-state index in [0.717, 1.165) is 17.8 Å². The van der Waals surface area contributed by atoms with Crippen LogP contribution >= 0.6 is 0 Å². The first kappa shape index (κ1) is 9.05. The minimum absolute atomic E-state index is 0.859. The Morgan fingerprint density at radius 1 is 1.09 bits per heavy atom. The molecule has 1 aliphatic rings. The Kier molecular flexibility index (Phi) is 3.38. The molecule has 1 N–H and O–H groups in total. The summed E-state index contributed by atoms with van der Waals surface area (Å²) in [5, 5.41) is 3.41. The molecule has 1 nitrogen and oxygen atoms in total. The summed E-state index contributed by atoms with van der Waals surface area (Å²) in [6, 6.07) is 0. The fraction of sp³-hybridized carbons (Fsp3) is 1.00. The van der Waals surface area contributed by atoms with Crippen LogP contribution in [-0.4, -0.2) is 13.1 Å². The van der Waals surface area contributed by atoms with Gasteiger partial charge in [0.25, 0.3) is 0 Å². The first-order chi connectivity index (χ1) is 5.22. The molecule has 0 radical (unpaired) electrons. The number of hydrogen-bond donors (Lipinski definition) is 1. The second-order valence-corrected chi connectivity index (χ2v) is 4.19. The highest BCUT2D eigenvalue weighted by molar-refractivity contribution is 4.74. The lowest BCUT2D eigenvalue weighted by Crippen LogP contribution is -2.32. The van der Waals surface area contributed by atoms with E-state index in [9.17, 15) is 0 Å². The van der Waals surface area contributed by atoms with Gasteiger partial charge in [-0.05, 0) is 43.7 Å². The molecule has 1 heteroatoms. The molecule has 0 unspecified atom stereocenters. The molecular formula is C10H21N. The molecule has 1 atom stereocenters. The van der Waals surface area contributed by atoms with Gasteiger partial charge in [0, 0.05) is 0 Å². The summed E-state index contributed by atoms with van der Waals surface area (Å²) < 4.78 is 0. The molecule has 1 aliphatic heterocycles. The Morgan fingerprint density at radius 2 is 1.64 bits per heavy atom. The maximum atomic E-state index is 3.41. The topological polar surface area (TPSA) is 12.0 Å². The van der Waals surface area contributed by atoms with Crippen molar-refractivity contribution in [3.63, 3.8) is 0 Å². The lowest BCUT2D eigenvalue weighted by atomic mass is 9.80. The zero-order chi connectivity index (χ0) is 8.27. The van der Waals surface area contributed by atoms with Gasteiger partial charge in [0.05, 0.1) is 0 Å². The van der Waals surface area contributed by atoms with E-state index in [0.29, 0.717) is 0 Å². The zero-order valence-corrected chi connectivity index (χ0v) is 8.06. The van der Waals surface area contributed by atoms with E-state index >= 15 is 0 Å². The third kappa shape index (κ3) is 2.48. The third-order valence-electron chi connectivity index (χ3n) is 3.18. The molecule has 1 fully saturated rings. The molecule has 0 aromatic rings. The Hall–Kier alpha value is -0.0400. The quantitative estimate of drug-likeness (QED) is 0.645. The monoisotopic (exact) mass is 155 g/mol. The van der Waals surface area contributed by atoms with E-state index in [1.165, 1.54) is 25.9 Å². The highest BCUT2D eigenvalue weighted by Gasteiger charge is 2.21. The lowest BCUT2D eigenvalue weighted by molar-refractivity contribution is 0.222. The first-order valence-corrected chi connectivity index (χ1v) is 4.92. The predicted octanol–water partition coefficient (Wildman–Crippen LogP) is 2.28. The van der Waals surface area contributed by atoms with E-state index < -0.39 is 0 Å². The maximum absolute atomic E-state index is 3.41. The molecule has 0 saturated carbocycles. The van der Waals surface area contributed by atoms with Crippen molar-refractivity contribution in [2.24, 2.45) is 17.8 Å². The second kappa shape index (κ2) is 4.10. The van der Waals surface area contributed by atoms with Gasteiger partial charge < -0.3 is 5.32 Å². The minimum Gasteiger partial charge on any atom is -0.317 e. The average molecular weight is 155 g/mol. The van der Waals surface area contributed by atoms with E-state index in [-0.39, 0.29) is 0 Å². The fourth-order valence-corrected chi connectivity index (χ4v) is 1.91. The summed E-state index contributed by atoms with van der Waals surface area (Å²) in [5.74, 6) is 2.76. The molecule has 0 bridgehead atoms. The second-order valence-electron chi connectivity index (χ2n) is 4.19. The van der Waals surface area contributed by atoms with Crippen molar-refractivity contribution >= 4 is 0 Å². The molecule has 1 heterocycles. The molecule has 1 rings (SSSR count). The minimum atomic E-state index is 0.859. The molecule has 1 saturated heterocycles. The van der Waals surface area contributed by atoms with E-state index in [2.05, 4.69) is 26.1 Å². The Labute approximate surface area is 70.6 Å². The smallest absolute Gasteiger partial charge is 0.00462 e. The molecular weight excluding hydrogens is 134 g/mol. The highest BCUT2D eigenvalue weighted by atomic mass is 14.9. The maximum Gasteiger partial charge on any atom is -0.00462 e. The van der Waals surface area contributed by atoms with Crippen LogP contribution in [0.4, 0.5) is 0 Å². The number of piperidine rings is 1. The Morgan fingerprint density at radius 3 is 2.09 bits per heavy atom. The van der Waals surface area contributed by atoms with Gasteiger partial charge in [-0.1, -0.05) is 20.8 Å². The molecule has 0 aromatic heterocycles. The van der Waals surface area contributed by atoms with Crippen molar-refractivity contribution in [1.29, 1.82) is 0 Å². The Bertz CT molecular complexity index is 103. The largest absolute Gasteiger partial charge is 0.317 e. The van der Waals surface area contributed by atoms with Crippen molar-refractivity contribution in [2.45, 2.75) is 33.6 Å². The van der Waals surface area contributed by atoms with Gasteiger partial charge in [-0.25, -0.2) is 0 Å². The number of rotatable bonds is 2. The highest BCUT2D eigenvalue weighted by Crippen LogP contribution is 2.27. The predicted molar refractivity (Wildman–Crippen MR) is 49.6 cm³/mol. The van der Waals surface area contributed by atoms with Crippen LogP contribution in [0.15, 0.2) is 0 Å². The summed E-state index contributed by atoms with van der Waals surface area (Å²) in [5.41, 5.74) is 0. The number of nitrogens with one attached hydrogen (secondary N) is 1. The van der Waals surface area contributed by atoms with Gasteiger partial charge in [0.15, 0.2) is 0 Å². The molecule has 11 heavy (non-hydrogen) atoms. The number of hydrogen-bond acceptors (Lipinski definition) is 1. The van der Waals surface area contributed by atoms with Gasteiger partial charge >= 0.3 is 0 Å². The van der Waals surface area contributed by atoms with Crippen LogP contribution in [0.25, 0.3) is 0 Å². The normalized spacial score (nSPS) is 24.0. The molecule has 0 aliphatic carbocycles. The summed E-state index contributed by atoms with van der Waals surface area (Å²) in [7, 11) is 0. The molecule has 0 amide bonds. The van der Waals surface area contributed by atoms with Crippen molar-refractivity contribution < 1.29 is 0 Å². The lowest BCUT2D eigenvalue weighted by Gasteiger charge is -2.30. The van der Waals surface area contributed by atoms with Gasteiger partial charge in [-0.15, -0.1) is 0 Å². The summed E-state index contributed by atoms with van der Waals surface area (Å²) in [6.45, 7) is 9.56. The third-order valence-corrected chi connectivity index (χ3v) is 3.18. The van der Waals surface area contributed by atoms with E-state index in [4.69, 9.17) is 0 Å². The zero-order valence-electron chi connectivity index (χ0n) is 8.06. The summed E-state index contributed by atoms with van der Waals surface area (Å²) >= 11 is 0.